The van der Waals surface area contributed by atoms with Gasteiger partial charge in [0.25, 0.3) is 0 Å². The molecule has 1 aromatic heterocycles. The first-order valence-electron chi connectivity index (χ1n) is 10.9. The van der Waals surface area contributed by atoms with Gasteiger partial charge in [0.05, 0.1) is 30.0 Å². The Morgan fingerprint density at radius 1 is 1.06 bits per heavy atom. The summed E-state index contributed by atoms with van der Waals surface area (Å²) < 4.78 is 11.8. The summed E-state index contributed by atoms with van der Waals surface area (Å²) in [6, 6.07) is 15.5. The molecule has 0 saturated heterocycles. The minimum atomic E-state index is -0.401. The summed E-state index contributed by atoms with van der Waals surface area (Å²) in [5.74, 6) is 2.15. The Balaban J connectivity index is 1.32. The largest absolute Gasteiger partial charge is 0.491 e. The number of nitrogens with two attached hydrogens (primary N) is 2. The van der Waals surface area contributed by atoms with E-state index >= 15 is 0 Å². The Labute approximate surface area is 187 Å². The lowest BCUT2D eigenvalue weighted by Gasteiger charge is -2.32. The molecule has 2 heterocycles. The van der Waals surface area contributed by atoms with E-state index in [-0.39, 0.29) is 0 Å². The number of hydrogen-bond acceptors (Lipinski definition) is 7. The standard InChI is InChI=1S/C25H27N5O2/c1-16-10-19(7-8-23(16)32-14-18-4-2-3-9-28-18)30-15-29-22-12-24(31-13-17-5-6-17)21(26)11-20(22)25(30)27/h2-4,7-12,15,17,25H,5-6,13-14,26-27H2,1H3. The molecule has 1 saturated carbocycles. The van der Waals surface area contributed by atoms with Crippen LogP contribution in [0.2, 0.25) is 0 Å². The molecule has 2 aromatic carbocycles. The van der Waals surface area contributed by atoms with E-state index < -0.39 is 6.17 Å². The third kappa shape index (κ3) is 4.24. The van der Waals surface area contributed by atoms with Gasteiger partial charge < -0.3 is 25.8 Å². The molecule has 1 aliphatic carbocycles. The molecule has 0 spiro atoms. The minimum Gasteiger partial charge on any atom is -0.491 e. The Kier molecular flexibility index (Phi) is 5.41. The van der Waals surface area contributed by atoms with Crippen molar-refractivity contribution in [1.29, 1.82) is 0 Å². The zero-order chi connectivity index (χ0) is 22.1. The molecule has 0 radical (unpaired) electrons. The fraction of sp³-hybridized carbons (Fsp3) is 0.280. The third-order valence-corrected chi connectivity index (χ3v) is 5.83. The number of nitrogens with zero attached hydrogens (tertiary/aromatic N) is 3. The average Bonchev–Trinajstić information content (AvgIpc) is 3.63. The molecule has 0 bridgehead atoms. The molecule has 1 atom stereocenters. The van der Waals surface area contributed by atoms with Gasteiger partial charge in [-0.25, -0.2) is 4.99 Å². The van der Waals surface area contributed by atoms with E-state index in [9.17, 15) is 0 Å². The number of benzene rings is 2. The molecule has 0 amide bonds. The molecule has 4 N–H and O–H groups in total. The van der Waals surface area contributed by atoms with Crippen molar-refractivity contribution in [2.75, 3.05) is 17.2 Å². The molecule has 1 unspecified atom stereocenters. The van der Waals surface area contributed by atoms with E-state index in [2.05, 4.69) is 9.98 Å². The van der Waals surface area contributed by atoms with Gasteiger partial charge in [0, 0.05) is 23.5 Å². The molecule has 1 aliphatic heterocycles. The number of hydrogen-bond donors (Lipinski definition) is 2. The lowest BCUT2D eigenvalue weighted by molar-refractivity contribution is 0.299. The van der Waals surface area contributed by atoms with E-state index in [4.69, 9.17) is 20.9 Å². The fourth-order valence-electron chi connectivity index (χ4n) is 3.73. The maximum Gasteiger partial charge on any atom is 0.144 e. The van der Waals surface area contributed by atoms with Crippen molar-refractivity contribution in [2.45, 2.75) is 32.5 Å². The van der Waals surface area contributed by atoms with Crippen LogP contribution in [0.25, 0.3) is 0 Å². The number of aliphatic imine (C=N–C) groups is 1. The van der Waals surface area contributed by atoms with Crippen LogP contribution in [0.5, 0.6) is 11.5 Å². The first kappa shape index (κ1) is 20.3. The average molecular weight is 430 g/mol. The van der Waals surface area contributed by atoms with Gasteiger partial charge in [-0.1, -0.05) is 6.07 Å². The van der Waals surface area contributed by atoms with Crippen LogP contribution in [0.4, 0.5) is 17.1 Å². The van der Waals surface area contributed by atoms with Crippen LogP contribution >= 0.6 is 0 Å². The first-order valence-corrected chi connectivity index (χ1v) is 10.9. The van der Waals surface area contributed by atoms with Crippen molar-refractivity contribution in [3.05, 3.63) is 71.5 Å². The van der Waals surface area contributed by atoms with Gasteiger partial charge in [-0.3, -0.25) is 4.98 Å². The van der Waals surface area contributed by atoms with Crippen molar-refractivity contribution < 1.29 is 9.47 Å². The number of ether oxygens (including phenoxy) is 2. The van der Waals surface area contributed by atoms with Gasteiger partial charge in [0.15, 0.2) is 0 Å². The molecular formula is C25H27N5O2. The van der Waals surface area contributed by atoms with Gasteiger partial charge in [0.1, 0.15) is 24.3 Å². The van der Waals surface area contributed by atoms with E-state index in [1.807, 2.05) is 60.4 Å². The summed E-state index contributed by atoms with van der Waals surface area (Å²) >= 11 is 0. The van der Waals surface area contributed by atoms with E-state index in [0.717, 1.165) is 33.9 Å². The molecule has 1 fully saturated rings. The highest BCUT2D eigenvalue weighted by atomic mass is 16.5. The third-order valence-electron chi connectivity index (χ3n) is 5.83. The molecule has 5 rings (SSSR count). The number of anilines is 2. The van der Waals surface area contributed by atoms with Gasteiger partial charge >= 0.3 is 0 Å². The van der Waals surface area contributed by atoms with Crippen LogP contribution < -0.4 is 25.8 Å². The lowest BCUT2D eigenvalue weighted by Crippen LogP contribution is -2.35. The summed E-state index contributed by atoms with van der Waals surface area (Å²) in [6.45, 7) is 3.14. The molecule has 32 heavy (non-hydrogen) atoms. The molecular weight excluding hydrogens is 402 g/mol. The second kappa shape index (κ2) is 8.51. The second-order valence-corrected chi connectivity index (χ2v) is 8.36. The SMILES string of the molecule is Cc1cc(N2C=Nc3cc(OCC4CC4)c(N)cc3C2N)ccc1OCc1ccccn1. The van der Waals surface area contributed by atoms with Crippen molar-refractivity contribution in [3.8, 4) is 11.5 Å². The van der Waals surface area contributed by atoms with Gasteiger partial charge in [-0.15, -0.1) is 0 Å². The van der Waals surface area contributed by atoms with Crippen molar-refractivity contribution in [3.63, 3.8) is 0 Å². The van der Waals surface area contributed by atoms with E-state index in [1.54, 1.807) is 12.5 Å². The molecule has 164 valence electrons. The fourth-order valence-corrected chi connectivity index (χ4v) is 3.73. The van der Waals surface area contributed by atoms with Gasteiger partial charge in [-0.2, -0.15) is 0 Å². The summed E-state index contributed by atoms with van der Waals surface area (Å²) in [5.41, 5.74) is 17.9. The topological polar surface area (TPSA) is 99.0 Å². The van der Waals surface area contributed by atoms with E-state index in [1.165, 1.54) is 12.8 Å². The van der Waals surface area contributed by atoms with Crippen molar-refractivity contribution >= 4 is 23.4 Å². The van der Waals surface area contributed by atoms with Gasteiger partial charge in [0.2, 0.25) is 0 Å². The summed E-state index contributed by atoms with van der Waals surface area (Å²) in [6.07, 6.45) is 5.59. The maximum absolute atomic E-state index is 6.60. The quantitative estimate of drug-likeness (QED) is 0.538. The predicted octanol–water partition coefficient (Wildman–Crippen LogP) is 4.48. The number of pyridine rings is 1. The van der Waals surface area contributed by atoms with Crippen LogP contribution in [0.3, 0.4) is 0 Å². The number of aromatic nitrogens is 1. The maximum atomic E-state index is 6.60. The Hall–Kier alpha value is -3.58. The zero-order valence-corrected chi connectivity index (χ0v) is 18.1. The summed E-state index contributed by atoms with van der Waals surface area (Å²) in [7, 11) is 0. The van der Waals surface area contributed by atoms with E-state index in [0.29, 0.717) is 30.6 Å². The van der Waals surface area contributed by atoms with Crippen LogP contribution in [0, 0.1) is 12.8 Å². The monoisotopic (exact) mass is 429 g/mol. The van der Waals surface area contributed by atoms with Gasteiger partial charge in [-0.05, 0) is 67.6 Å². The Morgan fingerprint density at radius 3 is 2.69 bits per heavy atom. The highest BCUT2D eigenvalue weighted by Crippen LogP contribution is 2.40. The van der Waals surface area contributed by atoms with Crippen molar-refractivity contribution in [1.82, 2.24) is 4.98 Å². The Morgan fingerprint density at radius 2 is 1.94 bits per heavy atom. The summed E-state index contributed by atoms with van der Waals surface area (Å²) in [4.78, 5) is 10.8. The number of rotatable bonds is 7. The molecule has 2 aliphatic rings. The second-order valence-electron chi connectivity index (χ2n) is 8.36. The molecule has 7 heteroatoms. The zero-order valence-electron chi connectivity index (χ0n) is 18.1. The van der Waals surface area contributed by atoms with Crippen LogP contribution in [-0.4, -0.2) is 17.9 Å². The van der Waals surface area contributed by atoms with Crippen LogP contribution in [-0.2, 0) is 6.61 Å². The Bertz CT molecular complexity index is 1140. The highest BCUT2D eigenvalue weighted by Gasteiger charge is 2.26. The number of aryl methyl sites for hydroxylation is 1. The lowest BCUT2D eigenvalue weighted by atomic mass is 10.1. The predicted molar refractivity (Wildman–Crippen MR) is 126 cm³/mol. The smallest absolute Gasteiger partial charge is 0.144 e. The molecule has 3 aromatic rings. The summed E-state index contributed by atoms with van der Waals surface area (Å²) in [5, 5.41) is 0. The van der Waals surface area contributed by atoms with Crippen molar-refractivity contribution in [2.24, 2.45) is 16.6 Å². The normalized spacial score (nSPS) is 17.2. The van der Waals surface area contributed by atoms with Crippen LogP contribution in [0.15, 0.2) is 59.7 Å². The molecule has 7 nitrogen and oxygen atoms in total. The highest BCUT2D eigenvalue weighted by molar-refractivity contribution is 5.87. The van der Waals surface area contributed by atoms with Crippen LogP contribution in [0.1, 0.15) is 35.8 Å². The number of nitrogen functional groups attached to an aromatic ring is 1. The minimum absolute atomic E-state index is 0.401. The number of fused-ring (bicyclic) bond motifs is 1. The first-order chi connectivity index (χ1) is 15.6.